The first-order chi connectivity index (χ1) is 7.18. The number of rotatable bonds is 5. The van der Waals surface area contributed by atoms with Crippen LogP contribution in [0.25, 0.3) is 6.08 Å². The number of Topliss-reactive ketones (excluding diaryl/α,β-unsaturated/α-hetero) is 1. The van der Waals surface area contributed by atoms with Gasteiger partial charge in [-0.25, -0.2) is 0 Å². The Bertz CT molecular complexity index is 360. The van der Waals surface area contributed by atoms with Gasteiger partial charge in [-0.15, -0.1) is 0 Å². The summed E-state index contributed by atoms with van der Waals surface area (Å²) in [7, 11) is 0. The number of allylic oxidation sites excluding steroid dienone is 2. The Morgan fingerprint density at radius 3 is 2.53 bits per heavy atom. The lowest BCUT2D eigenvalue weighted by Gasteiger charge is -1.97. The predicted octanol–water partition coefficient (Wildman–Crippen LogP) is 3.63. The summed E-state index contributed by atoms with van der Waals surface area (Å²) >= 11 is 0. The van der Waals surface area contributed by atoms with Crippen LogP contribution in [0.4, 0.5) is 0 Å². The first kappa shape index (κ1) is 11.4. The summed E-state index contributed by atoms with van der Waals surface area (Å²) in [4.78, 5) is 10.8. The lowest BCUT2D eigenvalue weighted by molar-refractivity contribution is -0.116. The maximum atomic E-state index is 10.8. The number of ketones is 1. The van der Waals surface area contributed by atoms with Gasteiger partial charge in [0.05, 0.1) is 0 Å². The molecule has 15 heavy (non-hydrogen) atoms. The largest absolute Gasteiger partial charge is 0.300 e. The van der Waals surface area contributed by atoms with Gasteiger partial charge in [0.2, 0.25) is 0 Å². The van der Waals surface area contributed by atoms with Crippen LogP contribution >= 0.6 is 0 Å². The molecule has 1 rings (SSSR count). The van der Waals surface area contributed by atoms with Gasteiger partial charge in [-0.2, -0.15) is 0 Å². The fourth-order valence-electron chi connectivity index (χ4n) is 1.20. The van der Waals surface area contributed by atoms with Crippen LogP contribution in [0.1, 0.15) is 25.3 Å². The number of carbonyl (C=O) groups is 1. The van der Waals surface area contributed by atoms with Gasteiger partial charge in [-0.1, -0.05) is 54.6 Å². The average molecular weight is 200 g/mol. The van der Waals surface area contributed by atoms with Crippen LogP contribution in [0, 0.1) is 0 Å². The minimum absolute atomic E-state index is 0.212. The fraction of sp³-hybridized carbons (Fsp3) is 0.214. The average Bonchev–Trinajstić information content (AvgIpc) is 2.25. The van der Waals surface area contributed by atoms with Crippen LogP contribution in [-0.4, -0.2) is 5.78 Å². The Labute approximate surface area is 91.1 Å². The quantitative estimate of drug-likeness (QED) is 0.663. The topological polar surface area (TPSA) is 17.1 Å². The summed E-state index contributed by atoms with van der Waals surface area (Å²) in [5.74, 6) is 0.212. The Morgan fingerprint density at radius 1 is 1.27 bits per heavy atom. The highest BCUT2D eigenvalue weighted by atomic mass is 16.1. The molecule has 1 heteroatoms. The standard InChI is InChI=1S/C14H16O/c1-12(8-10-13(2)15)9-11-14-6-4-3-5-7-14/h3-7,9,11H,1,8,10H2,2H3/b11-9+. The molecule has 0 saturated heterocycles. The minimum atomic E-state index is 0.212. The molecular formula is C14H16O. The van der Waals surface area contributed by atoms with Crippen molar-refractivity contribution >= 4 is 11.9 Å². The van der Waals surface area contributed by atoms with Crippen molar-refractivity contribution in [1.82, 2.24) is 0 Å². The van der Waals surface area contributed by atoms with E-state index in [0.717, 1.165) is 17.6 Å². The van der Waals surface area contributed by atoms with Gasteiger partial charge in [0, 0.05) is 6.42 Å². The van der Waals surface area contributed by atoms with Crippen molar-refractivity contribution in [2.24, 2.45) is 0 Å². The highest BCUT2D eigenvalue weighted by molar-refractivity contribution is 5.75. The monoisotopic (exact) mass is 200 g/mol. The molecule has 1 aromatic carbocycles. The second-order valence-electron chi connectivity index (χ2n) is 3.60. The molecule has 0 fully saturated rings. The Morgan fingerprint density at radius 2 is 1.93 bits per heavy atom. The Kier molecular flexibility index (Phi) is 4.55. The van der Waals surface area contributed by atoms with Gasteiger partial charge in [-0.05, 0) is 18.9 Å². The van der Waals surface area contributed by atoms with E-state index >= 15 is 0 Å². The van der Waals surface area contributed by atoms with E-state index in [1.54, 1.807) is 6.92 Å². The van der Waals surface area contributed by atoms with Crippen molar-refractivity contribution in [3.05, 3.63) is 54.1 Å². The van der Waals surface area contributed by atoms with E-state index in [0.29, 0.717) is 6.42 Å². The van der Waals surface area contributed by atoms with Crippen molar-refractivity contribution < 1.29 is 4.79 Å². The first-order valence-electron chi connectivity index (χ1n) is 5.09. The third-order valence-corrected chi connectivity index (χ3v) is 2.11. The first-order valence-corrected chi connectivity index (χ1v) is 5.09. The maximum absolute atomic E-state index is 10.8. The van der Waals surface area contributed by atoms with E-state index < -0.39 is 0 Å². The Balaban J connectivity index is 2.44. The summed E-state index contributed by atoms with van der Waals surface area (Å²) in [5, 5.41) is 0. The molecule has 0 heterocycles. The van der Waals surface area contributed by atoms with Gasteiger partial charge in [0.1, 0.15) is 5.78 Å². The zero-order chi connectivity index (χ0) is 11.1. The molecule has 0 aliphatic rings. The summed E-state index contributed by atoms with van der Waals surface area (Å²) in [6.45, 7) is 5.51. The molecule has 0 saturated carbocycles. The van der Waals surface area contributed by atoms with Gasteiger partial charge in [-0.3, -0.25) is 0 Å². The summed E-state index contributed by atoms with van der Waals surface area (Å²) < 4.78 is 0. The van der Waals surface area contributed by atoms with Crippen LogP contribution < -0.4 is 0 Å². The summed E-state index contributed by atoms with van der Waals surface area (Å²) in [5.41, 5.74) is 2.15. The van der Waals surface area contributed by atoms with Crippen LogP contribution in [-0.2, 0) is 4.79 Å². The molecule has 0 aliphatic heterocycles. The molecule has 78 valence electrons. The van der Waals surface area contributed by atoms with E-state index in [1.807, 2.05) is 42.5 Å². The molecular weight excluding hydrogens is 184 g/mol. The van der Waals surface area contributed by atoms with Gasteiger partial charge >= 0.3 is 0 Å². The van der Waals surface area contributed by atoms with Crippen molar-refractivity contribution in [3.8, 4) is 0 Å². The van der Waals surface area contributed by atoms with E-state index in [2.05, 4.69) is 6.58 Å². The Hall–Kier alpha value is -1.63. The lowest BCUT2D eigenvalue weighted by Crippen LogP contribution is -1.89. The molecule has 0 amide bonds. The molecule has 0 radical (unpaired) electrons. The molecule has 0 bridgehead atoms. The van der Waals surface area contributed by atoms with Gasteiger partial charge < -0.3 is 4.79 Å². The second kappa shape index (κ2) is 5.97. The molecule has 1 aromatic rings. The lowest BCUT2D eigenvalue weighted by atomic mass is 10.1. The zero-order valence-electron chi connectivity index (χ0n) is 9.07. The van der Waals surface area contributed by atoms with Crippen molar-refractivity contribution in [2.45, 2.75) is 19.8 Å². The summed E-state index contributed by atoms with van der Waals surface area (Å²) in [6, 6.07) is 10.1. The number of hydrogen-bond donors (Lipinski definition) is 0. The zero-order valence-corrected chi connectivity index (χ0v) is 9.07. The van der Waals surface area contributed by atoms with Crippen LogP contribution in [0.2, 0.25) is 0 Å². The van der Waals surface area contributed by atoms with E-state index in [-0.39, 0.29) is 5.78 Å². The third-order valence-electron chi connectivity index (χ3n) is 2.11. The molecule has 0 N–H and O–H groups in total. The van der Waals surface area contributed by atoms with E-state index in [4.69, 9.17) is 0 Å². The predicted molar refractivity (Wildman–Crippen MR) is 64.5 cm³/mol. The smallest absolute Gasteiger partial charge is 0.130 e. The minimum Gasteiger partial charge on any atom is -0.300 e. The van der Waals surface area contributed by atoms with Crippen LogP contribution in [0.5, 0.6) is 0 Å². The number of benzene rings is 1. The molecule has 0 spiro atoms. The third kappa shape index (κ3) is 4.96. The van der Waals surface area contributed by atoms with E-state index in [9.17, 15) is 4.79 Å². The molecule has 0 aliphatic carbocycles. The molecule has 1 nitrogen and oxygen atoms in total. The molecule has 0 unspecified atom stereocenters. The molecule has 0 atom stereocenters. The fourth-order valence-corrected chi connectivity index (χ4v) is 1.20. The number of hydrogen-bond acceptors (Lipinski definition) is 1. The van der Waals surface area contributed by atoms with Crippen LogP contribution in [0.15, 0.2) is 48.6 Å². The normalized spacial score (nSPS) is 10.5. The van der Waals surface area contributed by atoms with Gasteiger partial charge in [0.25, 0.3) is 0 Å². The van der Waals surface area contributed by atoms with Crippen molar-refractivity contribution in [2.75, 3.05) is 0 Å². The number of carbonyl (C=O) groups excluding carboxylic acids is 1. The highest BCUT2D eigenvalue weighted by Gasteiger charge is 1.94. The van der Waals surface area contributed by atoms with Crippen molar-refractivity contribution in [1.29, 1.82) is 0 Å². The molecule has 0 aromatic heterocycles. The SMILES string of the molecule is C=C(/C=C/c1ccccc1)CCC(C)=O. The van der Waals surface area contributed by atoms with E-state index in [1.165, 1.54) is 0 Å². The van der Waals surface area contributed by atoms with Crippen molar-refractivity contribution in [3.63, 3.8) is 0 Å². The second-order valence-corrected chi connectivity index (χ2v) is 3.60. The van der Waals surface area contributed by atoms with Gasteiger partial charge in [0.15, 0.2) is 0 Å². The highest BCUT2D eigenvalue weighted by Crippen LogP contribution is 2.08. The van der Waals surface area contributed by atoms with Crippen LogP contribution in [0.3, 0.4) is 0 Å². The maximum Gasteiger partial charge on any atom is 0.130 e. The summed E-state index contributed by atoms with van der Waals surface area (Å²) in [6.07, 6.45) is 5.32.